The Morgan fingerprint density at radius 3 is 2.09 bits per heavy atom. The summed E-state index contributed by atoms with van der Waals surface area (Å²) < 4.78 is 0. The zero-order valence-electron chi connectivity index (χ0n) is 20.1. The van der Waals surface area contributed by atoms with Crippen LogP contribution in [0.25, 0.3) is 32.9 Å². The van der Waals surface area contributed by atoms with E-state index < -0.39 is 0 Å². The summed E-state index contributed by atoms with van der Waals surface area (Å²) in [5, 5.41) is 23.7. The topological polar surface area (TPSA) is 53.4 Å². The fourth-order valence-electron chi connectivity index (χ4n) is 5.91. The molecule has 2 fully saturated rings. The minimum absolute atomic E-state index is 0. The normalized spacial score (nSPS) is 24.3. The molecule has 1 radical (unpaired) electrons. The van der Waals surface area contributed by atoms with Crippen LogP contribution in [0.15, 0.2) is 72.8 Å². The van der Waals surface area contributed by atoms with Crippen molar-refractivity contribution >= 4 is 21.7 Å². The van der Waals surface area contributed by atoms with Gasteiger partial charge in [-0.1, -0.05) is 68.1 Å². The van der Waals surface area contributed by atoms with E-state index in [1.807, 2.05) is 24.3 Å². The number of aliphatic hydroxyl groups excluding tert-OH is 2. The van der Waals surface area contributed by atoms with Crippen LogP contribution in [0.5, 0.6) is 0 Å². The Hall–Kier alpha value is -2.10. The summed E-state index contributed by atoms with van der Waals surface area (Å²) in [6.45, 7) is 0. The molecule has 4 heteroatoms. The maximum atomic E-state index is 10.0. The molecular formula is C31H34IrNO2-. The third kappa shape index (κ3) is 6.01. The molecule has 2 atom stereocenters. The van der Waals surface area contributed by atoms with Crippen molar-refractivity contribution in [2.24, 2.45) is 11.8 Å². The molecule has 2 aliphatic carbocycles. The molecule has 0 amide bonds. The molecule has 1 aromatic heterocycles. The van der Waals surface area contributed by atoms with Crippen molar-refractivity contribution in [3.63, 3.8) is 0 Å². The van der Waals surface area contributed by atoms with Gasteiger partial charge in [-0.25, -0.2) is 0 Å². The van der Waals surface area contributed by atoms with Crippen molar-refractivity contribution in [3.8, 4) is 11.3 Å². The fraction of sp³-hybridized carbons (Fsp3) is 0.387. The largest absolute Gasteiger partial charge is 0.393 e. The molecule has 35 heavy (non-hydrogen) atoms. The fourth-order valence-corrected chi connectivity index (χ4v) is 5.91. The number of benzene rings is 3. The standard InChI is InChI=1S/C19H12N.C12H22O2.Ir/c1-2-7-15(8-3-1)18-13-11-17-16-9-5-4-6-14(16)10-12-19(17)20-18;13-10-7-3-1-5-9-6-2-4-8-11(14)12(9)10;/h1-7,9-13H;9-14H,1-8H2;/q-1;;. The second-order valence-corrected chi connectivity index (χ2v) is 9.87. The molecule has 185 valence electrons. The van der Waals surface area contributed by atoms with Crippen molar-refractivity contribution in [2.75, 3.05) is 0 Å². The Labute approximate surface area is 222 Å². The van der Waals surface area contributed by atoms with E-state index >= 15 is 0 Å². The number of pyridine rings is 1. The van der Waals surface area contributed by atoms with Gasteiger partial charge in [0.15, 0.2) is 0 Å². The van der Waals surface area contributed by atoms with Gasteiger partial charge >= 0.3 is 0 Å². The molecule has 0 saturated heterocycles. The predicted molar refractivity (Wildman–Crippen MR) is 139 cm³/mol. The molecule has 2 aliphatic rings. The van der Waals surface area contributed by atoms with Crippen LogP contribution in [0.1, 0.15) is 51.4 Å². The molecule has 2 unspecified atom stereocenters. The third-order valence-corrected chi connectivity index (χ3v) is 7.66. The van der Waals surface area contributed by atoms with Gasteiger partial charge in [0.1, 0.15) is 0 Å². The number of hydrogen-bond donors (Lipinski definition) is 2. The first-order chi connectivity index (χ1) is 16.7. The van der Waals surface area contributed by atoms with Gasteiger partial charge in [-0.15, -0.1) is 35.9 Å². The summed E-state index contributed by atoms with van der Waals surface area (Å²) in [7, 11) is 0. The smallest absolute Gasteiger partial charge is 0.0601 e. The molecule has 6 rings (SSSR count). The van der Waals surface area contributed by atoms with Crippen molar-refractivity contribution in [1.29, 1.82) is 0 Å². The molecule has 4 aromatic rings. The van der Waals surface area contributed by atoms with Crippen LogP contribution in [-0.2, 0) is 20.1 Å². The maximum absolute atomic E-state index is 10.0. The van der Waals surface area contributed by atoms with Crippen LogP contribution in [-0.4, -0.2) is 27.4 Å². The van der Waals surface area contributed by atoms with Gasteiger partial charge in [0.25, 0.3) is 0 Å². The Kier molecular flexibility index (Phi) is 9.08. The first kappa shape index (κ1) is 26.0. The van der Waals surface area contributed by atoms with Crippen molar-refractivity contribution in [3.05, 3.63) is 78.9 Å². The molecule has 1 heterocycles. The van der Waals surface area contributed by atoms with Gasteiger partial charge in [-0.3, -0.25) is 4.98 Å². The van der Waals surface area contributed by atoms with Crippen LogP contribution >= 0.6 is 0 Å². The second kappa shape index (κ2) is 12.2. The van der Waals surface area contributed by atoms with Crippen LogP contribution < -0.4 is 0 Å². The van der Waals surface area contributed by atoms with Crippen molar-refractivity contribution in [2.45, 2.75) is 63.6 Å². The first-order valence-corrected chi connectivity index (χ1v) is 12.8. The molecule has 2 N–H and O–H groups in total. The predicted octanol–water partition coefficient (Wildman–Crippen LogP) is 6.94. The summed E-state index contributed by atoms with van der Waals surface area (Å²) in [5.41, 5.74) is 3.02. The van der Waals surface area contributed by atoms with Gasteiger partial charge < -0.3 is 10.2 Å². The van der Waals surface area contributed by atoms with E-state index in [0.29, 0.717) is 5.92 Å². The average Bonchev–Trinajstić information content (AvgIpc) is 3.19. The van der Waals surface area contributed by atoms with E-state index in [-0.39, 0.29) is 38.2 Å². The van der Waals surface area contributed by atoms with E-state index in [0.717, 1.165) is 42.5 Å². The molecule has 3 aromatic carbocycles. The Morgan fingerprint density at radius 2 is 1.37 bits per heavy atom. The molecule has 3 nitrogen and oxygen atoms in total. The Bertz CT molecular complexity index is 1210. The minimum Gasteiger partial charge on any atom is -0.393 e. The molecule has 0 bridgehead atoms. The van der Waals surface area contributed by atoms with Crippen LogP contribution in [0.3, 0.4) is 0 Å². The maximum Gasteiger partial charge on any atom is 0.0601 e. The molecule has 2 saturated carbocycles. The average molecular weight is 645 g/mol. The summed E-state index contributed by atoms with van der Waals surface area (Å²) in [4.78, 5) is 4.76. The first-order valence-electron chi connectivity index (χ1n) is 12.8. The number of rotatable bonds is 1. The Balaban J connectivity index is 0.000000171. The van der Waals surface area contributed by atoms with Crippen LogP contribution in [0, 0.1) is 17.9 Å². The zero-order valence-corrected chi connectivity index (χ0v) is 22.5. The van der Waals surface area contributed by atoms with E-state index in [2.05, 4.69) is 54.6 Å². The van der Waals surface area contributed by atoms with E-state index in [4.69, 9.17) is 4.98 Å². The van der Waals surface area contributed by atoms with Crippen LogP contribution in [0.4, 0.5) is 0 Å². The van der Waals surface area contributed by atoms with E-state index in [9.17, 15) is 10.2 Å². The van der Waals surface area contributed by atoms with E-state index in [1.165, 1.54) is 41.8 Å². The number of hydrogen-bond acceptors (Lipinski definition) is 3. The number of nitrogens with zero attached hydrogens (tertiary/aromatic N) is 1. The summed E-state index contributed by atoms with van der Waals surface area (Å²) in [6, 6.07) is 28.0. The Morgan fingerprint density at radius 1 is 0.686 bits per heavy atom. The summed E-state index contributed by atoms with van der Waals surface area (Å²) >= 11 is 0. The van der Waals surface area contributed by atoms with Gasteiger partial charge in [0.2, 0.25) is 0 Å². The summed E-state index contributed by atoms with van der Waals surface area (Å²) in [6.07, 6.45) is 8.53. The molecule has 0 spiro atoms. The second-order valence-electron chi connectivity index (χ2n) is 9.87. The number of aliphatic hydroxyl groups is 2. The summed E-state index contributed by atoms with van der Waals surface area (Å²) in [5.74, 6) is 0.769. The van der Waals surface area contributed by atoms with Gasteiger partial charge in [-0.05, 0) is 54.1 Å². The van der Waals surface area contributed by atoms with E-state index in [1.54, 1.807) is 0 Å². The number of aromatic nitrogens is 1. The quantitative estimate of drug-likeness (QED) is 0.174. The zero-order chi connectivity index (χ0) is 23.3. The van der Waals surface area contributed by atoms with Gasteiger partial charge in [-0.2, -0.15) is 0 Å². The number of fused-ring (bicyclic) bond motifs is 4. The van der Waals surface area contributed by atoms with Crippen LogP contribution in [0.2, 0.25) is 0 Å². The minimum atomic E-state index is -0.240. The molecule has 0 aliphatic heterocycles. The third-order valence-electron chi connectivity index (χ3n) is 7.66. The molecular weight excluding hydrogens is 611 g/mol. The SMILES string of the molecule is OC1CCCCC2CCCCC(O)C12.[Ir].[c-]1ccccc1-c1ccc2c(ccc3ccccc32)n1. The monoisotopic (exact) mass is 645 g/mol. The van der Waals surface area contributed by atoms with Crippen molar-refractivity contribution in [1.82, 2.24) is 4.98 Å². The van der Waals surface area contributed by atoms with Crippen molar-refractivity contribution < 1.29 is 30.3 Å². The van der Waals surface area contributed by atoms with Gasteiger partial charge in [0.05, 0.1) is 17.7 Å². The van der Waals surface area contributed by atoms with Gasteiger partial charge in [0, 0.05) is 31.4 Å².